The van der Waals surface area contributed by atoms with Crippen molar-refractivity contribution in [3.05, 3.63) is 0 Å². The topological polar surface area (TPSA) is 41.7 Å². The molecule has 0 amide bonds. The van der Waals surface area contributed by atoms with Crippen LogP contribution in [0.4, 0.5) is 0 Å². The van der Waals surface area contributed by atoms with Gasteiger partial charge in [0.05, 0.1) is 12.7 Å². The van der Waals surface area contributed by atoms with E-state index in [2.05, 4.69) is 23.6 Å². The van der Waals surface area contributed by atoms with Crippen LogP contribution in [0.5, 0.6) is 0 Å². The van der Waals surface area contributed by atoms with Crippen LogP contribution < -0.4 is 5.73 Å². The molecular weight excluding hydrogens is 226 g/mol. The van der Waals surface area contributed by atoms with Crippen molar-refractivity contribution in [1.82, 2.24) is 9.80 Å². The highest BCUT2D eigenvalue weighted by Crippen LogP contribution is 2.39. The second kappa shape index (κ2) is 4.75. The number of ether oxygens (including phenoxy) is 1. The average molecular weight is 253 g/mol. The van der Waals surface area contributed by atoms with Crippen molar-refractivity contribution in [3.63, 3.8) is 0 Å². The molecule has 0 bridgehead atoms. The molecule has 3 aliphatic rings. The lowest BCUT2D eigenvalue weighted by molar-refractivity contribution is -0.0581. The molecular formula is C14H27N3O. The van der Waals surface area contributed by atoms with Crippen LogP contribution in [0.25, 0.3) is 0 Å². The monoisotopic (exact) mass is 253 g/mol. The number of hydrogen-bond acceptors (Lipinski definition) is 4. The second-order valence-corrected chi connectivity index (χ2v) is 6.51. The molecule has 3 fully saturated rings. The van der Waals surface area contributed by atoms with E-state index in [4.69, 9.17) is 10.5 Å². The highest BCUT2D eigenvalue weighted by molar-refractivity contribution is 5.07. The van der Waals surface area contributed by atoms with E-state index in [9.17, 15) is 0 Å². The van der Waals surface area contributed by atoms with Crippen LogP contribution in [-0.4, -0.2) is 66.3 Å². The Hall–Kier alpha value is -0.160. The molecule has 2 N–H and O–H groups in total. The fourth-order valence-electron chi connectivity index (χ4n) is 3.88. The Bertz CT molecular complexity index is 307. The van der Waals surface area contributed by atoms with E-state index in [-0.39, 0.29) is 5.54 Å². The first-order valence-electron chi connectivity index (χ1n) is 7.47. The Morgan fingerprint density at radius 3 is 2.72 bits per heavy atom. The number of nitrogens with two attached hydrogens (primary N) is 1. The number of nitrogens with zero attached hydrogens (tertiary/aromatic N) is 2. The lowest BCUT2D eigenvalue weighted by atomic mass is 9.93. The van der Waals surface area contributed by atoms with E-state index in [0.717, 1.165) is 32.3 Å². The van der Waals surface area contributed by atoms with Gasteiger partial charge in [0.1, 0.15) is 0 Å². The third-order valence-corrected chi connectivity index (χ3v) is 5.03. The molecule has 0 radical (unpaired) electrons. The van der Waals surface area contributed by atoms with Crippen LogP contribution in [0.3, 0.4) is 0 Å². The Kier molecular flexibility index (Phi) is 3.39. The summed E-state index contributed by atoms with van der Waals surface area (Å²) >= 11 is 0. The van der Waals surface area contributed by atoms with E-state index >= 15 is 0 Å². The summed E-state index contributed by atoms with van der Waals surface area (Å²) in [5.74, 6) is 0. The fourth-order valence-corrected chi connectivity index (χ4v) is 3.88. The zero-order valence-corrected chi connectivity index (χ0v) is 11.8. The molecule has 18 heavy (non-hydrogen) atoms. The Labute approximate surface area is 110 Å². The van der Waals surface area contributed by atoms with Crippen LogP contribution in [0.2, 0.25) is 0 Å². The summed E-state index contributed by atoms with van der Waals surface area (Å²) in [7, 11) is 0. The van der Waals surface area contributed by atoms with Gasteiger partial charge in [0.25, 0.3) is 0 Å². The van der Waals surface area contributed by atoms with Crippen LogP contribution in [0, 0.1) is 0 Å². The minimum Gasteiger partial charge on any atom is -0.376 e. The number of morpholine rings is 1. The SMILES string of the molecule is CC1CN(C2(CN)CC(C)N(C3CC3)C2)CCO1. The molecule has 1 saturated carbocycles. The lowest BCUT2D eigenvalue weighted by Crippen LogP contribution is -2.60. The number of likely N-dealkylation sites (tertiary alicyclic amines) is 1. The van der Waals surface area contributed by atoms with Gasteiger partial charge >= 0.3 is 0 Å². The molecule has 4 heteroatoms. The van der Waals surface area contributed by atoms with Gasteiger partial charge in [0.15, 0.2) is 0 Å². The number of hydrogen-bond donors (Lipinski definition) is 1. The molecule has 2 heterocycles. The predicted molar refractivity (Wildman–Crippen MR) is 72.6 cm³/mol. The number of rotatable bonds is 3. The van der Waals surface area contributed by atoms with Crippen LogP contribution >= 0.6 is 0 Å². The van der Waals surface area contributed by atoms with Gasteiger partial charge in [0.2, 0.25) is 0 Å². The molecule has 3 unspecified atom stereocenters. The first-order valence-corrected chi connectivity index (χ1v) is 7.47. The summed E-state index contributed by atoms with van der Waals surface area (Å²) in [4.78, 5) is 5.31. The quantitative estimate of drug-likeness (QED) is 0.802. The van der Waals surface area contributed by atoms with Crippen LogP contribution in [0.1, 0.15) is 33.1 Å². The van der Waals surface area contributed by atoms with E-state index in [1.54, 1.807) is 0 Å². The Morgan fingerprint density at radius 2 is 2.11 bits per heavy atom. The van der Waals surface area contributed by atoms with Gasteiger partial charge in [-0.05, 0) is 33.1 Å². The normalized spacial score (nSPS) is 43.5. The fraction of sp³-hybridized carbons (Fsp3) is 1.00. The molecule has 104 valence electrons. The molecule has 2 aliphatic heterocycles. The first-order chi connectivity index (χ1) is 8.64. The van der Waals surface area contributed by atoms with Gasteiger partial charge in [0, 0.05) is 43.8 Å². The van der Waals surface area contributed by atoms with Crippen molar-refractivity contribution < 1.29 is 4.74 Å². The third kappa shape index (κ3) is 2.20. The van der Waals surface area contributed by atoms with Gasteiger partial charge in [-0.2, -0.15) is 0 Å². The minimum atomic E-state index is 0.208. The van der Waals surface area contributed by atoms with Crippen molar-refractivity contribution >= 4 is 0 Å². The summed E-state index contributed by atoms with van der Waals surface area (Å²) < 4.78 is 5.67. The molecule has 1 aliphatic carbocycles. The minimum absolute atomic E-state index is 0.208. The van der Waals surface area contributed by atoms with Gasteiger partial charge in [-0.1, -0.05) is 0 Å². The molecule has 2 saturated heterocycles. The smallest absolute Gasteiger partial charge is 0.0674 e. The van der Waals surface area contributed by atoms with Gasteiger partial charge in [-0.3, -0.25) is 9.80 Å². The van der Waals surface area contributed by atoms with Crippen molar-refractivity contribution in [1.29, 1.82) is 0 Å². The van der Waals surface area contributed by atoms with E-state index in [1.165, 1.54) is 25.8 Å². The van der Waals surface area contributed by atoms with Gasteiger partial charge in [-0.15, -0.1) is 0 Å². The Morgan fingerprint density at radius 1 is 1.33 bits per heavy atom. The molecule has 0 aromatic rings. The van der Waals surface area contributed by atoms with Crippen LogP contribution in [0.15, 0.2) is 0 Å². The van der Waals surface area contributed by atoms with Crippen molar-refractivity contribution in [3.8, 4) is 0 Å². The highest BCUT2D eigenvalue weighted by Gasteiger charge is 2.49. The summed E-state index contributed by atoms with van der Waals surface area (Å²) in [6, 6.07) is 1.55. The summed E-state index contributed by atoms with van der Waals surface area (Å²) in [5, 5.41) is 0. The Balaban J connectivity index is 1.73. The van der Waals surface area contributed by atoms with Crippen molar-refractivity contribution in [2.75, 3.05) is 32.8 Å². The zero-order valence-electron chi connectivity index (χ0n) is 11.8. The standard InChI is InChI=1S/C14H27N3O/c1-11-7-14(9-15,10-17(11)13-3-4-13)16-5-6-18-12(2)8-16/h11-13H,3-10,15H2,1-2H3. The molecule has 3 rings (SSSR count). The van der Waals surface area contributed by atoms with Crippen molar-refractivity contribution in [2.45, 2.75) is 56.8 Å². The molecule has 0 spiro atoms. The summed E-state index contributed by atoms with van der Waals surface area (Å²) in [6.07, 6.45) is 4.37. The maximum absolute atomic E-state index is 6.18. The van der Waals surface area contributed by atoms with E-state index in [1.807, 2.05) is 0 Å². The largest absolute Gasteiger partial charge is 0.376 e. The van der Waals surface area contributed by atoms with Gasteiger partial charge < -0.3 is 10.5 Å². The predicted octanol–water partition coefficient (Wildman–Crippen LogP) is 0.661. The van der Waals surface area contributed by atoms with E-state index < -0.39 is 0 Å². The molecule has 4 nitrogen and oxygen atoms in total. The molecule has 0 aromatic carbocycles. The second-order valence-electron chi connectivity index (χ2n) is 6.51. The maximum Gasteiger partial charge on any atom is 0.0674 e. The average Bonchev–Trinajstić information content (AvgIpc) is 3.14. The van der Waals surface area contributed by atoms with Crippen LogP contribution in [-0.2, 0) is 4.74 Å². The molecule has 0 aromatic heterocycles. The van der Waals surface area contributed by atoms with Crippen molar-refractivity contribution in [2.24, 2.45) is 5.73 Å². The first kappa shape index (κ1) is 12.9. The zero-order chi connectivity index (χ0) is 12.8. The van der Waals surface area contributed by atoms with Gasteiger partial charge in [-0.25, -0.2) is 0 Å². The maximum atomic E-state index is 6.18. The van der Waals surface area contributed by atoms with E-state index in [0.29, 0.717) is 12.1 Å². The lowest BCUT2D eigenvalue weighted by Gasteiger charge is -2.44. The summed E-state index contributed by atoms with van der Waals surface area (Å²) in [5.41, 5.74) is 6.39. The third-order valence-electron chi connectivity index (χ3n) is 5.03. The highest BCUT2D eigenvalue weighted by atomic mass is 16.5. The molecule has 3 atom stereocenters. The summed E-state index contributed by atoms with van der Waals surface area (Å²) in [6.45, 7) is 9.46.